The zero-order valence-corrected chi connectivity index (χ0v) is 31.2. The smallest absolute Gasteiger partial charge is 0.261 e. The molecule has 48 heavy (non-hydrogen) atoms. The number of rotatable bonds is 24. The van der Waals surface area contributed by atoms with E-state index in [-0.39, 0.29) is 11.8 Å². The van der Waals surface area contributed by atoms with E-state index >= 15 is 0 Å². The topological polar surface area (TPSA) is 40.6 Å². The first-order valence-electron chi connectivity index (χ1n) is 19.1. The quantitative estimate of drug-likeness (QED) is 0.103. The monoisotopic (exact) mass is 692 g/mol. The van der Waals surface area contributed by atoms with Crippen molar-refractivity contribution in [1.29, 1.82) is 0 Å². The Hall–Kier alpha value is -2.56. The van der Waals surface area contributed by atoms with Crippen molar-refractivity contribution < 1.29 is 9.59 Å². The van der Waals surface area contributed by atoms with Gasteiger partial charge < -0.3 is 9.80 Å². The van der Waals surface area contributed by atoms with Crippen molar-refractivity contribution in [3.63, 3.8) is 0 Å². The lowest BCUT2D eigenvalue weighted by molar-refractivity contribution is -0.124. The highest BCUT2D eigenvalue weighted by atomic mass is 35.5. The molecule has 0 saturated carbocycles. The van der Waals surface area contributed by atoms with Crippen LogP contribution in [0.1, 0.15) is 153 Å². The molecule has 0 fully saturated rings. The van der Waals surface area contributed by atoms with E-state index in [0.717, 1.165) is 48.2 Å². The first-order chi connectivity index (χ1) is 23.5. The van der Waals surface area contributed by atoms with E-state index in [9.17, 15) is 9.59 Å². The van der Waals surface area contributed by atoms with E-state index in [1.165, 1.54) is 103 Å². The Morgan fingerprint density at radius 1 is 0.417 bits per heavy atom. The minimum absolute atomic E-state index is 0.0743. The van der Waals surface area contributed by atoms with Gasteiger partial charge in [0.05, 0.1) is 22.5 Å². The number of hydrogen-bond acceptors (Lipinski definition) is 2. The SMILES string of the molecule is CCCCCCCCCCCCN1C(=O)C2=C(c3ccc(Cl)cc3)N(CCCCCCCCCCCC)C(=O)C2=C1c1ccc(Cl)cc1. The number of carbonyl (C=O) groups is 2. The van der Waals surface area contributed by atoms with Crippen molar-refractivity contribution in [2.75, 3.05) is 13.1 Å². The van der Waals surface area contributed by atoms with E-state index in [4.69, 9.17) is 23.2 Å². The maximum Gasteiger partial charge on any atom is 0.261 e. The highest BCUT2D eigenvalue weighted by Crippen LogP contribution is 2.47. The minimum Gasteiger partial charge on any atom is -0.307 e. The Morgan fingerprint density at radius 3 is 0.979 bits per heavy atom. The average molecular weight is 694 g/mol. The van der Waals surface area contributed by atoms with Crippen LogP contribution in [0.3, 0.4) is 0 Å². The third-order valence-corrected chi connectivity index (χ3v) is 10.4. The normalized spacial score (nSPS) is 14.7. The van der Waals surface area contributed by atoms with Gasteiger partial charge in [-0.15, -0.1) is 0 Å². The van der Waals surface area contributed by atoms with Crippen molar-refractivity contribution in [3.8, 4) is 0 Å². The molecule has 0 unspecified atom stereocenters. The number of hydrogen-bond donors (Lipinski definition) is 0. The molecular weight excluding hydrogens is 635 g/mol. The molecule has 0 spiro atoms. The number of halogens is 2. The van der Waals surface area contributed by atoms with Gasteiger partial charge in [-0.2, -0.15) is 0 Å². The van der Waals surface area contributed by atoms with Gasteiger partial charge in [-0.3, -0.25) is 9.59 Å². The molecule has 2 aromatic rings. The number of benzene rings is 2. The van der Waals surface area contributed by atoms with Crippen LogP contribution in [-0.2, 0) is 9.59 Å². The highest BCUT2D eigenvalue weighted by Gasteiger charge is 2.48. The molecule has 2 aliphatic rings. The summed E-state index contributed by atoms with van der Waals surface area (Å²) in [5, 5.41) is 1.26. The second-order valence-electron chi connectivity index (χ2n) is 13.7. The Labute approximate surface area is 300 Å². The molecule has 0 aromatic heterocycles. The molecule has 0 atom stereocenters. The lowest BCUT2D eigenvalue weighted by Gasteiger charge is -2.25. The molecule has 0 saturated heterocycles. The minimum atomic E-state index is -0.0743. The molecule has 262 valence electrons. The summed E-state index contributed by atoms with van der Waals surface area (Å²) >= 11 is 12.6. The lowest BCUT2D eigenvalue weighted by atomic mass is 10.0. The molecular formula is C42H58Cl2N2O2. The fourth-order valence-electron chi connectivity index (χ4n) is 7.15. The summed E-state index contributed by atoms with van der Waals surface area (Å²) in [6.07, 6.45) is 24.6. The van der Waals surface area contributed by atoms with Gasteiger partial charge in [-0.05, 0) is 48.2 Å². The standard InChI is InChI=1S/C42H58Cl2N2O2/c1-3-5-7-9-11-13-15-17-19-21-31-45-39(33-23-27-35(43)28-24-33)37-38(41(45)47)40(34-25-29-36(44)30-26-34)46(42(37)48)32-22-20-18-16-14-12-10-8-6-4-2/h23-30H,3-22,31-32H2,1-2H3. The van der Waals surface area contributed by atoms with E-state index < -0.39 is 0 Å². The largest absolute Gasteiger partial charge is 0.307 e. The van der Waals surface area contributed by atoms with Gasteiger partial charge in [0.15, 0.2) is 0 Å². The molecule has 6 heteroatoms. The van der Waals surface area contributed by atoms with Crippen LogP contribution in [0.4, 0.5) is 0 Å². The molecule has 0 N–H and O–H groups in total. The summed E-state index contributed by atoms with van der Waals surface area (Å²) in [6, 6.07) is 15.1. The van der Waals surface area contributed by atoms with Crippen molar-refractivity contribution in [2.24, 2.45) is 0 Å². The molecule has 0 aliphatic carbocycles. The lowest BCUT2D eigenvalue weighted by Crippen LogP contribution is -2.31. The van der Waals surface area contributed by atoms with Gasteiger partial charge in [-0.1, -0.05) is 177 Å². The molecule has 0 bridgehead atoms. The Morgan fingerprint density at radius 2 is 0.688 bits per heavy atom. The summed E-state index contributed by atoms with van der Waals surface area (Å²) in [5.41, 5.74) is 4.23. The first-order valence-corrected chi connectivity index (χ1v) is 19.9. The van der Waals surface area contributed by atoms with Gasteiger partial charge in [0, 0.05) is 23.1 Å². The van der Waals surface area contributed by atoms with Gasteiger partial charge in [-0.25, -0.2) is 0 Å². The third kappa shape index (κ3) is 10.7. The second kappa shape index (κ2) is 20.8. The molecule has 4 rings (SSSR count). The van der Waals surface area contributed by atoms with Gasteiger partial charge in [0.2, 0.25) is 0 Å². The van der Waals surface area contributed by atoms with E-state index in [1.54, 1.807) is 0 Å². The van der Waals surface area contributed by atoms with Gasteiger partial charge in [0.25, 0.3) is 11.8 Å². The van der Waals surface area contributed by atoms with Crippen LogP contribution in [0, 0.1) is 0 Å². The van der Waals surface area contributed by atoms with Crippen LogP contribution < -0.4 is 0 Å². The van der Waals surface area contributed by atoms with E-state index in [0.29, 0.717) is 34.3 Å². The average Bonchev–Trinajstić information content (AvgIpc) is 3.53. The fourth-order valence-corrected chi connectivity index (χ4v) is 7.41. The summed E-state index contributed by atoms with van der Waals surface area (Å²) in [4.78, 5) is 32.5. The van der Waals surface area contributed by atoms with Crippen molar-refractivity contribution in [2.45, 2.75) is 142 Å². The molecule has 0 radical (unpaired) electrons. The number of unbranched alkanes of at least 4 members (excludes halogenated alkanes) is 18. The number of nitrogens with zero attached hydrogens (tertiary/aromatic N) is 2. The van der Waals surface area contributed by atoms with Crippen LogP contribution in [0.25, 0.3) is 11.4 Å². The van der Waals surface area contributed by atoms with Crippen LogP contribution in [-0.4, -0.2) is 34.7 Å². The zero-order valence-electron chi connectivity index (χ0n) is 29.6. The molecule has 4 nitrogen and oxygen atoms in total. The molecule has 2 heterocycles. The van der Waals surface area contributed by atoms with Gasteiger partial charge in [0.1, 0.15) is 0 Å². The highest BCUT2D eigenvalue weighted by molar-refractivity contribution is 6.32. The van der Waals surface area contributed by atoms with Crippen LogP contribution >= 0.6 is 23.2 Å². The van der Waals surface area contributed by atoms with Crippen LogP contribution in [0.2, 0.25) is 10.0 Å². The summed E-state index contributed by atoms with van der Waals surface area (Å²) < 4.78 is 0. The zero-order chi connectivity index (χ0) is 34.1. The molecule has 2 aromatic carbocycles. The molecule has 2 amide bonds. The van der Waals surface area contributed by atoms with Crippen LogP contribution in [0.5, 0.6) is 0 Å². The third-order valence-electron chi connectivity index (χ3n) is 9.89. The van der Waals surface area contributed by atoms with Crippen molar-refractivity contribution >= 4 is 46.4 Å². The molecule has 2 aliphatic heterocycles. The van der Waals surface area contributed by atoms with E-state index in [2.05, 4.69) is 13.8 Å². The predicted molar refractivity (Wildman–Crippen MR) is 204 cm³/mol. The Balaban J connectivity index is 1.49. The number of fused-ring (bicyclic) bond motifs is 1. The van der Waals surface area contributed by atoms with Crippen molar-refractivity contribution in [1.82, 2.24) is 9.80 Å². The Kier molecular flexibility index (Phi) is 16.6. The maximum absolute atomic E-state index is 14.4. The summed E-state index contributed by atoms with van der Waals surface area (Å²) in [5.74, 6) is -0.149. The Bertz CT molecular complexity index is 1260. The summed E-state index contributed by atoms with van der Waals surface area (Å²) in [6.45, 7) is 5.71. The first kappa shape index (κ1) is 38.2. The second-order valence-corrected chi connectivity index (χ2v) is 14.6. The summed E-state index contributed by atoms with van der Waals surface area (Å²) in [7, 11) is 0. The van der Waals surface area contributed by atoms with Gasteiger partial charge >= 0.3 is 0 Å². The van der Waals surface area contributed by atoms with E-state index in [1.807, 2.05) is 58.3 Å². The van der Waals surface area contributed by atoms with Crippen molar-refractivity contribution in [3.05, 3.63) is 80.8 Å². The predicted octanol–water partition coefficient (Wildman–Crippen LogP) is 12.6. The van der Waals surface area contributed by atoms with Crippen LogP contribution in [0.15, 0.2) is 59.7 Å². The number of carbonyl (C=O) groups excluding carboxylic acids is 2. The number of amides is 2. The fraction of sp³-hybridized carbons (Fsp3) is 0.571. The maximum atomic E-state index is 14.4.